The molecule has 0 fully saturated rings. The number of nitrogens with zero attached hydrogens (tertiary/aromatic N) is 2. The predicted molar refractivity (Wildman–Crippen MR) is 94.7 cm³/mol. The summed E-state index contributed by atoms with van der Waals surface area (Å²) in [6.07, 6.45) is 1.78. The van der Waals surface area contributed by atoms with Gasteiger partial charge in [-0.15, -0.1) is 0 Å². The second-order valence-corrected chi connectivity index (χ2v) is 6.35. The minimum absolute atomic E-state index is 0.0208. The zero-order valence-electron chi connectivity index (χ0n) is 14.6. The Kier molecular flexibility index (Phi) is 4.22. The van der Waals surface area contributed by atoms with Crippen molar-refractivity contribution in [3.8, 4) is 0 Å². The van der Waals surface area contributed by atoms with E-state index in [0.717, 1.165) is 22.3 Å². The third kappa shape index (κ3) is 2.41. The molecule has 1 aliphatic rings. The molecule has 2 heterocycles. The van der Waals surface area contributed by atoms with Crippen LogP contribution in [0.1, 0.15) is 36.7 Å². The Balaban J connectivity index is 1.97. The van der Waals surface area contributed by atoms with E-state index in [-0.39, 0.29) is 12.3 Å². The molecule has 26 heavy (non-hydrogen) atoms. The summed E-state index contributed by atoms with van der Waals surface area (Å²) in [5, 5.41) is 26.0. The molecule has 1 unspecified atom stereocenters. The summed E-state index contributed by atoms with van der Waals surface area (Å²) >= 11 is 0. The number of para-hydroxylation sites is 2. The summed E-state index contributed by atoms with van der Waals surface area (Å²) in [5.74, 6) is -1.37. The van der Waals surface area contributed by atoms with Crippen molar-refractivity contribution in [2.75, 3.05) is 6.61 Å². The molecule has 0 spiro atoms. The van der Waals surface area contributed by atoms with Gasteiger partial charge in [-0.25, -0.2) is 0 Å². The Labute approximate surface area is 151 Å². The van der Waals surface area contributed by atoms with Crippen molar-refractivity contribution >= 4 is 11.0 Å². The highest BCUT2D eigenvalue weighted by Crippen LogP contribution is 2.40. The van der Waals surface area contributed by atoms with Crippen LogP contribution in [0.4, 0.5) is 0 Å². The van der Waals surface area contributed by atoms with Crippen molar-refractivity contribution in [1.82, 2.24) is 0 Å². The third-order valence-electron chi connectivity index (χ3n) is 4.72. The lowest BCUT2D eigenvalue weighted by molar-refractivity contribution is -0.643. The van der Waals surface area contributed by atoms with E-state index in [9.17, 15) is 10.4 Å². The van der Waals surface area contributed by atoms with Gasteiger partial charge in [-0.1, -0.05) is 55.8 Å². The molecule has 1 aliphatic heterocycles. The van der Waals surface area contributed by atoms with E-state index in [1.165, 1.54) is 0 Å². The Morgan fingerprint density at radius 3 is 2.35 bits per heavy atom. The van der Waals surface area contributed by atoms with Gasteiger partial charge in [-0.3, -0.25) is 0 Å². The average Bonchev–Trinajstić information content (AvgIpc) is 3.08. The first-order chi connectivity index (χ1) is 12.7. The van der Waals surface area contributed by atoms with Crippen LogP contribution >= 0.6 is 0 Å². The van der Waals surface area contributed by atoms with E-state index in [4.69, 9.17) is 9.47 Å². The SMILES string of the molecule is CCCCOC1(c2ccccc2)OCc2c1[n+]([O-])c1ccccc1[n+]2[O-]. The molecule has 0 saturated carbocycles. The fourth-order valence-corrected chi connectivity index (χ4v) is 3.41. The lowest BCUT2D eigenvalue weighted by Gasteiger charge is -2.27. The average molecular weight is 352 g/mol. The minimum Gasteiger partial charge on any atom is -0.618 e. The second-order valence-electron chi connectivity index (χ2n) is 6.35. The first-order valence-corrected chi connectivity index (χ1v) is 8.79. The first-order valence-electron chi connectivity index (χ1n) is 8.79. The lowest BCUT2D eigenvalue weighted by atomic mass is 10.0. The molecular formula is C20H20N2O4. The van der Waals surface area contributed by atoms with Crippen LogP contribution in [0.2, 0.25) is 0 Å². The quantitative estimate of drug-likeness (QED) is 0.402. The zero-order chi connectivity index (χ0) is 18.1. The molecule has 6 heteroatoms. The Bertz CT molecular complexity index is 945. The maximum Gasteiger partial charge on any atom is 0.329 e. The van der Waals surface area contributed by atoms with Crippen LogP contribution in [0, 0.1) is 10.4 Å². The van der Waals surface area contributed by atoms with Crippen LogP contribution in [0.15, 0.2) is 54.6 Å². The Hall–Kier alpha value is -2.70. The fraction of sp³-hybridized carbons (Fsp3) is 0.300. The number of ether oxygens (including phenoxy) is 2. The van der Waals surface area contributed by atoms with Crippen molar-refractivity contribution in [3.05, 3.63) is 82.0 Å². The van der Waals surface area contributed by atoms with Crippen molar-refractivity contribution in [2.45, 2.75) is 32.2 Å². The fourth-order valence-electron chi connectivity index (χ4n) is 3.41. The first kappa shape index (κ1) is 16.8. The van der Waals surface area contributed by atoms with Crippen molar-refractivity contribution < 1.29 is 18.9 Å². The van der Waals surface area contributed by atoms with Gasteiger partial charge in [0.15, 0.2) is 0 Å². The van der Waals surface area contributed by atoms with Crippen molar-refractivity contribution in [2.24, 2.45) is 0 Å². The van der Waals surface area contributed by atoms with Gasteiger partial charge in [0.2, 0.25) is 0 Å². The summed E-state index contributed by atoms with van der Waals surface area (Å²) in [6, 6.07) is 16.1. The van der Waals surface area contributed by atoms with Gasteiger partial charge in [0, 0.05) is 17.7 Å². The second kappa shape index (κ2) is 6.55. The van der Waals surface area contributed by atoms with Crippen LogP contribution < -0.4 is 9.46 Å². The van der Waals surface area contributed by atoms with Gasteiger partial charge in [0.05, 0.1) is 6.61 Å². The molecule has 2 aromatic carbocycles. The monoisotopic (exact) mass is 352 g/mol. The summed E-state index contributed by atoms with van der Waals surface area (Å²) < 4.78 is 13.7. The molecule has 6 nitrogen and oxygen atoms in total. The molecule has 0 radical (unpaired) electrons. The molecule has 0 N–H and O–H groups in total. The highest BCUT2D eigenvalue weighted by molar-refractivity contribution is 5.67. The van der Waals surface area contributed by atoms with Crippen LogP contribution in [0.3, 0.4) is 0 Å². The maximum atomic E-state index is 13.2. The molecule has 1 atom stereocenters. The molecule has 0 aliphatic carbocycles. The molecule has 0 bridgehead atoms. The summed E-state index contributed by atoms with van der Waals surface area (Å²) in [5.41, 5.74) is 1.83. The molecular weight excluding hydrogens is 332 g/mol. The van der Waals surface area contributed by atoms with E-state index >= 15 is 0 Å². The van der Waals surface area contributed by atoms with E-state index in [0.29, 0.717) is 28.9 Å². The molecule has 3 aromatic rings. The largest absolute Gasteiger partial charge is 0.618 e. The summed E-state index contributed by atoms with van der Waals surface area (Å²) in [7, 11) is 0. The molecule has 0 saturated heterocycles. The normalized spacial score (nSPS) is 19.0. The van der Waals surface area contributed by atoms with Gasteiger partial charge in [-0.05, 0) is 6.42 Å². The maximum absolute atomic E-state index is 13.2. The highest BCUT2D eigenvalue weighted by atomic mass is 16.7. The van der Waals surface area contributed by atoms with Crippen LogP contribution in [-0.4, -0.2) is 6.61 Å². The van der Waals surface area contributed by atoms with Gasteiger partial charge in [0.25, 0.3) is 22.5 Å². The number of unbranched alkanes of at least 4 members (excludes halogenated alkanes) is 1. The smallest absolute Gasteiger partial charge is 0.329 e. The minimum atomic E-state index is -1.37. The van der Waals surface area contributed by atoms with Gasteiger partial charge < -0.3 is 19.9 Å². The Morgan fingerprint density at radius 1 is 1.00 bits per heavy atom. The third-order valence-corrected chi connectivity index (χ3v) is 4.72. The summed E-state index contributed by atoms with van der Waals surface area (Å²) in [4.78, 5) is 0. The van der Waals surface area contributed by atoms with E-state index in [2.05, 4.69) is 6.92 Å². The number of benzene rings is 2. The molecule has 134 valence electrons. The number of hydrogen-bond donors (Lipinski definition) is 0. The van der Waals surface area contributed by atoms with E-state index < -0.39 is 5.79 Å². The number of hydrogen-bond acceptors (Lipinski definition) is 4. The van der Waals surface area contributed by atoms with Gasteiger partial charge in [0.1, 0.15) is 6.61 Å². The van der Waals surface area contributed by atoms with Gasteiger partial charge in [-0.2, -0.15) is 9.46 Å². The number of rotatable bonds is 5. The van der Waals surface area contributed by atoms with E-state index in [1.54, 1.807) is 24.3 Å². The Morgan fingerprint density at radius 2 is 1.65 bits per heavy atom. The highest BCUT2D eigenvalue weighted by Gasteiger charge is 2.55. The molecule has 0 amide bonds. The van der Waals surface area contributed by atoms with Crippen LogP contribution in [0.5, 0.6) is 0 Å². The standard InChI is InChI=1S/C20H20N2O4/c1-2-3-13-25-20(15-9-5-4-6-10-15)19-18(14-26-20)21(23)16-11-7-8-12-17(16)22(19)24/h4-12H,2-3,13-14H2,1H3. The topological polar surface area (TPSA) is 72.3 Å². The van der Waals surface area contributed by atoms with Crippen LogP contribution in [0.25, 0.3) is 11.0 Å². The number of fused-ring (bicyclic) bond motifs is 2. The van der Waals surface area contributed by atoms with Crippen molar-refractivity contribution in [3.63, 3.8) is 0 Å². The summed E-state index contributed by atoms with van der Waals surface area (Å²) in [6.45, 7) is 2.51. The lowest BCUT2D eigenvalue weighted by Crippen LogP contribution is -2.49. The predicted octanol–water partition coefficient (Wildman–Crippen LogP) is 2.65. The van der Waals surface area contributed by atoms with Crippen molar-refractivity contribution in [1.29, 1.82) is 0 Å². The zero-order valence-corrected chi connectivity index (χ0v) is 14.6. The van der Waals surface area contributed by atoms with E-state index in [1.807, 2.05) is 30.3 Å². The van der Waals surface area contributed by atoms with Gasteiger partial charge >= 0.3 is 5.69 Å². The number of aromatic nitrogens is 2. The molecule has 1 aromatic heterocycles. The molecule has 4 rings (SSSR count). The van der Waals surface area contributed by atoms with Crippen LogP contribution in [-0.2, 0) is 21.9 Å².